The van der Waals surface area contributed by atoms with Crippen LogP contribution in [0.2, 0.25) is 0 Å². The molecule has 2 aliphatic heterocycles. The van der Waals surface area contributed by atoms with Gasteiger partial charge in [-0.05, 0) is 36.6 Å². The molecular weight excluding hydrogens is 580 g/mol. The van der Waals surface area contributed by atoms with Gasteiger partial charge in [0.2, 0.25) is 12.2 Å². The van der Waals surface area contributed by atoms with Crippen molar-refractivity contribution in [2.24, 2.45) is 5.73 Å². The predicted molar refractivity (Wildman–Crippen MR) is 154 cm³/mol. The summed E-state index contributed by atoms with van der Waals surface area (Å²) in [5, 5.41) is 34.5. The summed E-state index contributed by atoms with van der Waals surface area (Å²) in [6.07, 6.45) is -5.10. The van der Waals surface area contributed by atoms with Crippen molar-refractivity contribution in [3.05, 3.63) is 74.8 Å². The number of primary amides is 1. The minimum Gasteiger partial charge on any atom is -0.456 e. The number of nitrogens with two attached hydrogens (primary N) is 1. The van der Waals surface area contributed by atoms with Gasteiger partial charge in [-0.25, -0.2) is 4.79 Å². The molecule has 8 atom stereocenters. The summed E-state index contributed by atoms with van der Waals surface area (Å²) >= 11 is 0. The highest BCUT2D eigenvalue weighted by Gasteiger charge is 2.52. The maximum absolute atomic E-state index is 13.0. The van der Waals surface area contributed by atoms with Crippen LogP contribution in [0.4, 0.5) is 5.69 Å². The fourth-order valence-corrected chi connectivity index (χ4v) is 5.09. The smallest absolute Gasteiger partial charge is 0.330 e. The molecule has 1 aromatic heterocycles. The van der Waals surface area contributed by atoms with Crippen molar-refractivity contribution < 1.29 is 43.9 Å². The second-order valence-electron chi connectivity index (χ2n) is 10.6. The van der Waals surface area contributed by atoms with E-state index in [0.717, 1.165) is 54.2 Å². The fourth-order valence-electron chi connectivity index (χ4n) is 5.09. The molecule has 2 aromatic rings. The Morgan fingerprint density at radius 1 is 1.09 bits per heavy atom. The topological polar surface area (TPSA) is 225 Å². The minimum absolute atomic E-state index is 0.395. The Kier molecular flexibility index (Phi) is 11.1. The number of aromatic nitrogens is 2. The molecule has 15 heteroatoms. The summed E-state index contributed by atoms with van der Waals surface area (Å²) in [5.41, 5.74) is 5.58. The number of rotatable bonds is 13. The first-order chi connectivity index (χ1) is 21.0. The monoisotopic (exact) mass is 618 g/mol. The molecule has 0 spiro atoms. The van der Waals surface area contributed by atoms with Crippen LogP contribution in [0.15, 0.2) is 58.0 Å². The molecule has 7 N–H and O–H groups in total. The Morgan fingerprint density at radius 2 is 1.82 bits per heavy atom. The lowest BCUT2D eigenvalue weighted by Gasteiger charge is -2.35. The zero-order valence-electron chi connectivity index (χ0n) is 24.3. The number of carbonyl (C=O) groups excluding carboxylic acids is 2. The molecular formula is C29H38N4O11. The first kappa shape index (κ1) is 33.0. The first-order valence-corrected chi connectivity index (χ1v) is 14.3. The molecule has 2 amide bonds. The molecule has 0 unspecified atom stereocenters. The van der Waals surface area contributed by atoms with Crippen molar-refractivity contribution in [1.29, 1.82) is 0 Å². The second kappa shape index (κ2) is 14.7. The third kappa shape index (κ3) is 7.61. The van der Waals surface area contributed by atoms with Crippen LogP contribution < -0.4 is 22.3 Å². The Balaban J connectivity index is 1.46. The number of aliphatic hydroxyl groups excluding tert-OH is 3. The second-order valence-corrected chi connectivity index (χ2v) is 10.6. The Bertz CT molecular complexity index is 1440. The number of aryl methyl sites for hydroxylation is 1. The van der Waals surface area contributed by atoms with E-state index in [1.165, 1.54) is 13.5 Å². The third-order valence-electron chi connectivity index (χ3n) is 7.45. The highest BCUT2D eigenvalue weighted by atomic mass is 16.7. The number of H-pyrrole nitrogens is 1. The van der Waals surface area contributed by atoms with Crippen molar-refractivity contribution in [2.75, 3.05) is 12.4 Å². The van der Waals surface area contributed by atoms with Gasteiger partial charge in [-0.3, -0.25) is 23.9 Å². The number of hydrogen-bond acceptors (Lipinski definition) is 11. The molecule has 0 saturated carbocycles. The van der Waals surface area contributed by atoms with Crippen molar-refractivity contribution in [3.63, 3.8) is 0 Å². The Hall–Kier alpha value is -3.86. The van der Waals surface area contributed by atoms with Gasteiger partial charge in [-0.1, -0.05) is 38.3 Å². The van der Waals surface area contributed by atoms with Gasteiger partial charge in [-0.2, -0.15) is 0 Å². The van der Waals surface area contributed by atoms with E-state index in [4.69, 9.17) is 24.7 Å². The normalized spacial score (nSPS) is 27.3. The number of nitrogens with one attached hydrogen (secondary N) is 2. The number of aromatic amines is 1. The maximum Gasteiger partial charge on any atom is 0.330 e. The van der Waals surface area contributed by atoms with Gasteiger partial charge in [0, 0.05) is 25.1 Å². The van der Waals surface area contributed by atoms with E-state index in [1.807, 2.05) is 17.1 Å². The molecule has 3 heterocycles. The Morgan fingerprint density at radius 3 is 2.45 bits per heavy atom. The number of carbonyl (C=O) groups is 2. The quantitative estimate of drug-likeness (QED) is 0.156. The van der Waals surface area contributed by atoms with Crippen molar-refractivity contribution in [3.8, 4) is 0 Å². The molecule has 0 radical (unpaired) electrons. The molecule has 0 aliphatic carbocycles. The summed E-state index contributed by atoms with van der Waals surface area (Å²) in [6.45, 7) is 2.15. The number of aliphatic hydroxyl groups is 3. The fraction of sp³-hybridized carbons (Fsp3) is 0.517. The van der Waals surface area contributed by atoms with Gasteiger partial charge < -0.3 is 45.3 Å². The molecule has 4 rings (SSSR count). The SMILES string of the molecule is CCCCCCc1ccc(NC(=O)C2=C[C@H](O)[C@H](O)[C@@H](O[C@@H](C(N)=O)[C@H]3O[C@@H](n4ccc(=O)[nH]c4=O)[C@H](O)[C@@H]3OC)O2)cc1. The number of methoxy groups -OCH3 is 1. The number of amides is 2. The molecule has 1 saturated heterocycles. The van der Waals surface area contributed by atoms with Crippen molar-refractivity contribution in [1.82, 2.24) is 9.55 Å². The van der Waals surface area contributed by atoms with Gasteiger partial charge in [0.25, 0.3) is 11.5 Å². The van der Waals surface area contributed by atoms with Gasteiger partial charge >= 0.3 is 5.69 Å². The van der Waals surface area contributed by atoms with Crippen LogP contribution in [0.1, 0.15) is 44.4 Å². The number of ether oxygens (including phenoxy) is 4. The number of hydrogen-bond donors (Lipinski definition) is 6. The lowest BCUT2D eigenvalue weighted by atomic mass is 10.0. The van der Waals surface area contributed by atoms with Crippen LogP contribution in [0.3, 0.4) is 0 Å². The maximum atomic E-state index is 13.0. The van der Waals surface area contributed by atoms with Crippen LogP contribution in [0.25, 0.3) is 0 Å². The standard InChI is InChI=1S/C29H38N4O11/c1-3-4-5-6-7-15-8-10-16(11-9-15)31-26(39)18-14-17(34)20(36)28(42-18)44-24(25(30)38)23-22(41-2)21(37)27(43-23)33-13-12-19(35)32-29(33)40/h8-14,17,20-24,27-28,34,36-37H,3-7H2,1-2H3,(H2,30,38)(H,31,39)(H,32,35,40)/t17-,20-,21+,22-,23-,24+,27+,28+/m0/s1. The average molecular weight is 619 g/mol. The van der Waals surface area contributed by atoms with Gasteiger partial charge in [0.1, 0.15) is 30.5 Å². The van der Waals surface area contributed by atoms with Crippen LogP contribution in [-0.4, -0.2) is 86.7 Å². The van der Waals surface area contributed by atoms with E-state index in [2.05, 4.69) is 12.2 Å². The molecule has 0 bridgehead atoms. The highest BCUT2D eigenvalue weighted by Crippen LogP contribution is 2.34. The van der Waals surface area contributed by atoms with E-state index in [-0.39, 0.29) is 0 Å². The first-order valence-electron chi connectivity index (χ1n) is 14.3. The summed E-state index contributed by atoms with van der Waals surface area (Å²) in [4.78, 5) is 51.3. The summed E-state index contributed by atoms with van der Waals surface area (Å²) < 4.78 is 23.1. The average Bonchev–Trinajstić information content (AvgIpc) is 3.31. The van der Waals surface area contributed by atoms with Crippen molar-refractivity contribution >= 4 is 17.5 Å². The zero-order valence-corrected chi connectivity index (χ0v) is 24.3. The molecule has 15 nitrogen and oxygen atoms in total. The van der Waals surface area contributed by atoms with Crippen LogP contribution in [0.5, 0.6) is 0 Å². The van der Waals surface area contributed by atoms with Crippen LogP contribution in [-0.2, 0) is 35.0 Å². The number of benzene rings is 1. The lowest BCUT2D eigenvalue weighted by molar-refractivity contribution is -0.241. The lowest BCUT2D eigenvalue weighted by Crippen LogP contribution is -2.53. The van der Waals surface area contributed by atoms with Crippen LogP contribution >= 0.6 is 0 Å². The number of unbranched alkanes of at least 4 members (excludes halogenated alkanes) is 3. The Labute approximate surface area is 252 Å². The highest BCUT2D eigenvalue weighted by molar-refractivity contribution is 6.02. The van der Waals surface area contributed by atoms with Crippen molar-refractivity contribution in [2.45, 2.75) is 88.2 Å². The van der Waals surface area contributed by atoms with E-state index in [1.54, 1.807) is 12.1 Å². The van der Waals surface area contributed by atoms with E-state index in [0.29, 0.717) is 5.69 Å². The number of nitrogens with zero attached hydrogens (tertiary/aromatic N) is 1. The molecule has 1 fully saturated rings. The number of anilines is 1. The minimum atomic E-state index is -1.79. The summed E-state index contributed by atoms with van der Waals surface area (Å²) in [7, 11) is 1.21. The molecule has 240 valence electrons. The third-order valence-corrected chi connectivity index (χ3v) is 7.45. The van der Waals surface area contributed by atoms with E-state index in [9.17, 15) is 34.5 Å². The summed E-state index contributed by atoms with van der Waals surface area (Å²) in [5.74, 6) is -2.27. The van der Waals surface area contributed by atoms with E-state index >= 15 is 0 Å². The predicted octanol–water partition coefficient (Wildman–Crippen LogP) is -0.596. The van der Waals surface area contributed by atoms with Gasteiger partial charge in [0.15, 0.2) is 18.1 Å². The molecule has 2 aliphatic rings. The zero-order chi connectivity index (χ0) is 32.0. The summed E-state index contributed by atoms with van der Waals surface area (Å²) in [6, 6.07) is 8.30. The van der Waals surface area contributed by atoms with E-state index < -0.39 is 78.0 Å². The molecule has 44 heavy (non-hydrogen) atoms. The molecule has 1 aromatic carbocycles. The van der Waals surface area contributed by atoms with Gasteiger partial charge in [0.05, 0.1) is 0 Å². The van der Waals surface area contributed by atoms with Gasteiger partial charge in [-0.15, -0.1) is 0 Å². The largest absolute Gasteiger partial charge is 0.456 e. The van der Waals surface area contributed by atoms with Crippen LogP contribution in [0, 0.1) is 0 Å².